The number of hydrogen-bond acceptors (Lipinski definition) is 5. The van der Waals surface area contributed by atoms with Gasteiger partial charge in [-0.15, -0.1) is 10.2 Å². The van der Waals surface area contributed by atoms with Crippen LogP contribution in [0.5, 0.6) is 0 Å². The summed E-state index contributed by atoms with van der Waals surface area (Å²) in [4.78, 5) is 29.3. The van der Waals surface area contributed by atoms with Crippen molar-refractivity contribution in [2.45, 2.75) is 56.9 Å². The van der Waals surface area contributed by atoms with Crippen molar-refractivity contribution in [3.63, 3.8) is 0 Å². The van der Waals surface area contributed by atoms with Crippen molar-refractivity contribution >= 4 is 11.8 Å². The van der Waals surface area contributed by atoms with E-state index in [-0.39, 0.29) is 29.8 Å². The molecule has 2 amide bonds. The first-order chi connectivity index (χ1) is 13.1. The van der Waals surface area contributed by atoms with Gasteiger partial charge in [0, 0.05) is 44.7 Å². The molecule has 0 unspecified atom stereocenters. The Kier molecular flexibility index (Phi) is 4.14. The maximum Gasteiger partial charge on any atom is 0.289 e. The number of carbonyl (C=O) groups is 2. The molecule has 8 nitrogen and oxygen atoms in total. The Bertz CT molecular complexity index is 757. The fourth-order valence-corrected chi connectivity index (χ4v) is 4.52. The van der Waals surface area contributed by atoms with Crippen molar-refractivity contribution in [1.82, 2.24) is 29.9 Å². The second kappa shape index (κ2) is 6.54. The second-order valence-electron chi connectivity index (χ2n) is 8.24. The van der Waals surface area contributed by atoms with Gasteiger partial charge in [0.25, 0.3) is 5.91 Å². The molecule has 1 saturated heterocycles. The van der Waals surface area contributed by atoms with Crippen LogP contribution in [-0.2, 0) is 11.3 Å². The Balaban J connectivity index is 1.31. The van der Waals surface area contributed by atoms with Crippen LogP contribution in [0.4, 0.5) is 4.39 Å². The first kappa shape index (κ1) is 17.1. The van der Waals surface area contributed by atoms with E-state index < -0.39 is 6.17 Å². The first-order valence-electron chi connectivity index (χ1n) is 10.0. The summed E-state index contributed by atoms with van der Waals surface area (Å²) in [6.07, 6.45) is 3.10. The number of piperazine rings is 1. The molecule has 4 aliphatic rings. The van der Waals surface area contributed by atoms with Crippen molar-refractivity contribution in [3.8, 4) is 0 Å². The van der Waals surface area contributed by atoms with Gasteiger partial charge in [0.15, 0.2) is 5.82 Å². The van der Waals surface area contributed by atoms with Gasteiger partial charge in [-0.25, -0.2) is 4.39 Å². The number of carbonyl (C=O) groups excluding carboxylic acids is 2. The molecule has 9 heteroatoms. The number of amides is 2. The number of rotatable bonds is 3. The Morgan fingerprint density at radius 3 is 2.56 bits per heavy atom. The van der Waals surface area contributed by atoms with Gasteiger partial charge in [-0.1, -0.05) is 0 Å². The number of nitrogens with zero attached hydrogens (tertiary/aromatic N) is 5. The third-order valence-electron chi connectivity index (χ3n) is 6.56. The summed E-state index contributed by atoms with van der Waals surface area (Å²) < 4.78 is 15.0. The monoisotopic (exact) mass is 376 g/mol. The molecule has 0 radical (unpaired) electrons. The normalized spacial score (nSPS) is 30.7. The van der Waals surface area contributed by atoms with Gasteiger partial charge in [-0.2, -0.15) is 0 Å². The van der Waals surface area contributed by atoms with Crippen LogP contribution in [0.1, 0.15) is 54.6 Å². The van der Waals surface area contributed by atoms with E-state index in [0.29, 0.717) is 38.3 Å². The van der Waals surface area contributed by atoms with Crippen molar-refractivity contribution in [2.24, 2.45) is 5.92 Å². The molecule has 2 aliphatic heterocycles. The smallest absolute Gasteiger partial charge is 0.289 e. The molecule has 1 N–H and O–H groups in total. The average molecular weight is 376 g/mol. The number of alkyl halides is 1. The Morgan fingerprint density at radius 2 is 1.85 bits per heavy atom. The van der Waals surface area contributed by atoms with Crippen molar-refractivity contribution in [1.29, 1.82) is 0 Å². The lowest BCUT2D eigenvalue weighted by Gasteiger charge is -2.45. The molecule has 5 rings (SSSR count). The molecule has 2 aliphatic carbocycles. The van der Waals surface area contributed by atoms with Gasteiger partial charge < -0.3 is 14.8 Å². The van der Waals surface area contributed by atoms with Crippen LogP contribution < -0.4 is 5.32 Å². The number of aromatic nitrogens is 3. The summed E-state index contributed by atoms with van der Waals surface area (Å²) in [5.41, 5.74) is 0. The highest BCUT2D eigenvalue weighted by Gasteiger charge is 2.42. The van der Waals surface area contributed by atoms with Crippen LogP contribution in [0.3, 0.4) is 0 Å². The number of halogens is 1. The van der Waals surface area contributed by atoms with Gasteiger partial charge in [0.05, 0.1) is 6.04 Å². The van der Waals surface area contributed by atoms with E-state index in [0.717, 1.165) is 38.2 Å². The third kappa shape index (κ3) is 2.92. The van der Waals surface area contributed by atoms with Gasteiger partial charge in [0.2, 0.25) is 11.7 Å². The average Bonchev–Trinajstić information content (AvgIpc) is 3.05. The minimum absolute atomic E-state index is 0.0459. The molecule has 1 aromatic rings. The number of fused-ring (bicyclic) bond motifs is 3. The molecule has 2 saturated carbocycles. The van der Waals surface area contributed by atoms with Gasteiger partial charge >= 0.3 is 0 Å². The number of nitrogens with one attached hydrogen (secondary N) is 1. The predicted molar refractivity (Wildman–Crippen MR) is 93.6 cm³/mol. The molecule has 146 valence electrons. The van der Waals surface area contributed by atoms with Crippen LogP contribution in [0.15, 0.2) is 0 Å². The predicted octanol–water partition coefficient (Wildman–Crippen LogP) is 0.507. The van der Waals surface area contributed by atoms with Gasteiger partial charge in [-0.3, -0.25) is 14.5 Å². The van der Waals surface area contributed by atoms with Gasteiger partial charge in [-0.05, 0) is 32.1 Å². The highest BCUT2D eigenvalue weighted by atomic mass is 19.1. The molecule has 0 spiro atoms. The van der Waals surface area contributed by atoms with E-state index >= 15 is 0 Å². The van der Waals surface area contributed by atoms with Crippen LogP contribution in [-0.4, -0.2) is 74.8 Å². The Labute approximate surface area is 157 Å². The molecular formula is C18H25FN6O2. The molecule has 3 heterocycles. The Hall–Kier alpha value is -2.03. The van der Waals surface area contributed by atoms with Crippen LogP contribution in [0.25, 0.3) is 0 Å². The second-order valence-corrected chi connectivity index (χ2v) is 8.24. The fourth-order valence-electron chi connectivity index (χ4n) is 4.52. The lowest BCUT2D eigenvalue weighted by molar-refractivity contribution is -0.144. The topological polar surface area (TPSA) is 83.4 Å². The fraction of sp³-hybridized carbons (Fsp3) is 0.778. The quantitative estimate of drug-likeness (QED) is 0.831. The molecular weight excluding hydrogens is 351 g/mol. The molecule has 1 atom stereocenters. The Morgan fingerprint density at radius 1 is 1.07 bits per heavy atom. The maximum absolute atomic E-state index is 13.1. The molecule has 27 heavy (non-hydrogen) atoms. The minimum atomic E-state index is -0.824. The van der Waals surface area contributed by atoms with Crippen molar-refractivity contribution in [2.75, 3.05) is 26.2 Å². The standard InChI is InChI=1S/C18H25FN6O2/c19-12-8-11(9-12)18(27)24-5-4-23-6-7-25-15(14(23)10-24)21-22-16(25)17(26)20-13-2-1-3-13/h11-14H,1-10H2,(H,20,26)/t11?,12?,14-/m1/s1. The summed E-state index contributed by atoms with van der Waals surface area (Å²) in [5, 5.41) is 11.5. The molecule has 0 bridgehead atoms. The van der Waals surface area contributed by atoms with Gasteiger partial charge in [0.1, 0.15) is 6.17 Å². The van der Waals surface area contributed by atoms with E-state index in [2.05, 4.69) is 20.4 Å². The van der Waals surface area contributed by atoms with E-state index in [9.17, 15) is 14.0 Å². The highest BCUT2D eigenvalue weighted by Crippen LogP contribution is 2.34. The summed E-state index contributed by atoms with van der Waals surface area (Å²) in [6, 6.07) is 0.214. The molecule has 3 fully saturated rings. The van der Waals surface area contributed by atoms with E-state index in [1.807, 2.05) is 9.47 Å². The zero-order chi connectivity index (χ0) is 18.5. The van der Waals surface area contributed by atoms with E-state index in [1.165, 1.54) is 0 Å². The lowest BCUT2D eigenvalue weighted by atomic mass is 9.82. The van der Waals surface area contributed by atoms with Crippen LogP contribution in [0.2, 0.25) is 0 Å². The van der Waals surface area contributed by atoms with E-state index in [4.69, 9.17) is 0 Å². The highest BCUT2D eigenvalue weighted by molar-refractivity contribution is 5.91. The minimum Gasteiger partial charge on any atom is -0.347 e. The lowest BCUT2D eigenvalue weighted by Crippen LogP contribution is -2.56. The first-order valence-corrected chi connectivity index (χ1v) is 10.0. The van der Waals surface area contributed by atoms with E-state index in [1.54, 1.807) is 0 Å². The summed E-state index contributed by atoms with van der Waals surface area (Å²) in [7, 11) is 0. The molecule has 0 aromatic carbocycles. The van der Waals surface area contributed by atoms with Crippen LogP contribution in [0, 0.1) is 5.92 Å². The van der Waals surface area contributed by atoms with Crippen molar-refractivity contribution in [3.05, 3.63) is 11.6 Å². The van der Waals surface area contributed by atoms with Crippen LogP contribution >= 0.6 is 0 Å². The third-order valence-corrected chi connectivity index (χ3v) is 6.56. The summed E-state index contributed by atoms with van der Waals surface area (Å²) in [6.45, 7) is 3.49. The summed E-state index contributed by atoms with van der Waals surface area (Å²) >= 11 is 0. The largest absolute Gasteiger partial charge is 0.347 e. The summed E-state index contributed by atoms with van der Waals surface area (Å²) in [5.74, 6) is 0.868. The zero-order valence-corrected chi connectivity index (χ0v) is 15.3. The maximum atomic E-state index is 13.1. The SMILES string of the molecule is O=C(NC1CCC1)c1nnc2n1CCN1CCN(C(=O)C3CC(F)C3)C[C@H]21. The molecule has 1 aromatic heterocycles. The van der Waals surface area contributed by atoms with Crippen molar-refractivity contribution < 1.29 is 14.0 Å². The number of hydrogen-bond donors (Lipinski definition) is 1. The zero-order valence-electron chi connectivity index (χ0n) is 15.3.